The van der Waals surface area contributed by atoms with Gasteiger partial charge in [-0.3, -0.25) is 9.80 Å². The molecule has 0 amide bonds. The molecule has 7 nitrogen and oxygen atoms in total. The number of nitrogens with zero attached hydrogens (tertiary/aromatic N) is 3. The fourth-order valence-corrected chi connectivity index (χ4v) is 1.27. The molecule has 0 aliphatic carbocycles. The highest BCUT2D eigenvalue weighted by Crippen LogP contribution is 2.05. The first-order valence-electron chi connectivity index (χ1n) is 5.00. The Balaban J connectivity index is 2.60. The lowest BCUT2D eigenvalue weighted by Crippen LogP contribution is -2.30. The molecule has 1 atom stereocenters. The fraction of sp³-hybridized carbons (Fsp3) is 0.400. The van der Waals surface area contributed by atoms with Gasteiger partial charge in [0.05, 0.1) is 10.8 Å². The van der Waals surface area contributed by atoms with E-state index in [4.69, 9.17) is 0 Å². The van der Waals surface area contributed by atoms with Gasteiger partial charge in [0.1, 0.15) is 6.10 Å². The first-order chi connectivity index (χ1) is 8.04. The van der Waals surface area contributed by atoms with Crippen molar-refractivity contribution in [3.8, 4) is 0 Å². The largest absolute Gasteiger partial charge is 0.619 e. The van der Waals surface area contributed by atoms with Crippen molar-refractivity contribution < 1.29 is 14.6 Å². The highest BCUT2D eigenvalue weighted by Gasteiger charge is 2.19. The summed E-state index contributed by atoms with van der Waals surface area (Å²) >= 11 is 0. The zero-order valence-electron chi connectivity index (χ0n) is 9.31. The molecule has 1 aromatic rings. The SMILES string of the molecule is CN(CCC(O)C(=O)c1ccc[n+]([O-])c1)N=O. The summed E-state index contributed by atoms with van der Waals surface area (Å²) in [6, 6.07) is 2.87. The second-order valence-electron chi connectivity index (χ2n) is 3.58. The molecule has 17 heavy (non-hydrogen) atoms. The van der Waals surface area contributed by atoms with Crippen molar-refractivity contribution in [2.24, 2.45) is 5.29 Å². The van der Waals surface area contributed by atoms with Gasteiger partial charge in [0, 0.05) is 26.1 Å². The lowest BCUT2D eigenvalue weighted by molar-refractivity contribution is -0.605. The first-order valence-corrected chi connectivity index (χ1v) is 5.00. The number of ketones is 1. The van der Waals surface area contributed by atoms with E-state index in [0.717, 1.165) is 11.2 Å². The van der Waals surface area contributed by atoms with E-state index >= 15 is 0 Å². The van der Waals surface area contributed by atoms with Crippen LogP contribution in [0.2, 0.25) is 0 Å². The number of aliphatic hydroxyl groups is 1. The first kappa shape index (κ1) is 13.0. The Morgan fingerprint density at radius 3 is 3.00 bits per heavy atom. The molecule has 1 rings (SSSR count). The minimum absolute atomic E-state index is 0.0782. The van der Waals surface area contributed by atoms with Gasteiger partial charge < -0.3 is 10.3 Å². The molecule has 0 spiro atoms. The monoisotopic (exact) mass is 239 g/mol. The number of hydrogen-bond acceptors (Lipinski definition) is 5. The van der Waals surface area contributed by atoms with Gasteiger partial charge in [-0.25, -0.2) is 0 Å². The molecular formula is C10H13N3O4. The van der Waals surface area contributed by atoms with Crippen molar-refractivity contribution >= 4 is 5.78 Å². The van der Waals surface area contributed by atoms with E-state index in [1.807, 2.05) is 0 Å². The molecule has 0 fully saturated rings. The third kappa shape index (κ3) is 3.80. The maximum Gasteiger partial charge on any atom is 0.197 e. The van der Waals surface area contributed by atoms with E-state index in [1.54, 1.807) is 0 Å². The summed E-state index contributed by atoms with van der Waals surface area (Å²) in [6.45, 7) is 0.167. The molecule has 0 saturated carbocycles. The van der Waals surface area contributed by atoms with Crippen molar-refractivity contribution in [1.29, 1.82) is 0 Å². The van der Waals surface area contributed by atoms with Crippen LogP contribution in [0.4, 0.5) is 0 Å². The Bertz CT molecular complexity index is 410. The maximum atomic E-state index is 11.7. The molecule has 92 valence electrons. The molecule has 1 aromatic heterocycles. The van der Waals surface area contributed by atoms with Gasteiger partial charge in [-0.15, -0.1) is 4.91 Å². The van der Waals surface area contributed by atoms with Crippen LogP contribution in [-0.2, 0) is 0 Å². The number of Topliss-reactive ketones (excluding diaryl/α,β-unsaturated/α-hetero) is 1. The van der Waals surface area contributed by atoms with Gasteiger partial charge in [-0.2, -0.15) is 4.73 Å². The van der Waals surface area contributed by atoms with Gasteiger partial charge in [-0.1, -0.05) is 0 Å². The molecule has 0 aliphatic heterocycles. The third-order valence-electron chi connectivity index (χ3n) is 2.23. The average molecular weight is 239 g/mol. The fourth-order valence-electron chi connectivity index (χ4n) is 1.27. The number of aliphatic hydroxyl groups excluding tert-OH is 1. The Kier molecular flexibility index (Phi) is 4.53. The Labute approximate surface area is 97.8 Å². The molecule has 0 aromatic carbocycles. The van der Waals surface area contributed by atoms with Gasteiger partial charge in [0.15, 0.2) is 18.2 Å². The molecule has 0 aliphatic rings. The van der Waals surface area contributed by atoms with Crippen LogP contribution in [0.3, 0.4) is 0 Å². The van der Waals surface area contributed by atoms with Crippen molar-refractivity contribution in [3.05, 3.63) is 40.2 Å². The van der Waals surface area contributed by atoms with Crippen LogP contribution in [-0.4, -0.2) is 35.6 Å². The van der Waals surface area contributed by atoms with E-state index < -0.39 is 11.9 Å². The number of carbonyl (C=O) groups excluding carboxylic acids is 1. The highest BCUT2D eigenvalue weighted by atomic mass is 16.5. The smallest absolute Gasteiger partial charge is 0.197 e. The topological polar surface area (TPSA) is 96.9 Å². The molecule has 0 saturated heterocycles. The second kappa shape index (κ2) is 5.90. The molecular weight excluding hydrogens is 226 g/mol. The average Bonchev–Trinajstić information content (AvgIpc) is 2.34. The van der Waals surface area contributed by atoms with Crippen LogP contribution >= 0.6 is 0 Å². The molecule has 0 radical (unpaired) electrons. The third-order valence-corrected chi connectivity index (χ3v) is 2.23. The lowest BCUT2D eigenvalue weighted by Gasteiger charge is -2.12. The molecule has 1 heterocycles. The van der Waals surface area contributed by atoms with Gasteiger partial charge >= 0.3 is 0 Å². The summed E-state index contributed by atoms with van der Waals surface area (Å²) < 4.78 is 0.485. The normalized spacial score (nSPS) is 11.9. The Hall–Kier alpha value is -2.02. The summed E-state index contributed by atoms with van der Waals surface area (Å²) in [7, 11) is 1.44. The Morgan fingerprint density at radius 1 is 1.71 bits per heavy atom. The van der Waals surface area contributed by atoms with Gasteiger partial charge in [0.25, 0.3) is 0 Å². The molecule has 1 N–H and O–H groups in total. The molecule has 7 heteroatoms. The quantitative estimate of drug-likeness (QED) is 0.245. The number of carbonyl (C=O) groups is 1. The maximum absolute atomic E-state index is 11.7. The van der Waals surface area contributed by atoms with Crippen molar-refractivity contribution in [1.82, 2.24) is 5.01 Å². The number of aromatic nitrogens is 1. The summed E-state index contributed by atoms with van der Waals surface area (Å²) in [4.78, 5) is 21.7. The summed E-state index contributed by atoms with van der Waals surface area (Å²) in [5.41, 5.74) is 0.136. The number of pyridine rings is 1. The highest BCUT2D eigenvalue weighted by molar-refractivity contribution is 5.98. The van der Waals surface area contributed by atoms with E-state index in [2.05, 4.69) is 5.29 Å². The van der Waals surface area contributed by atoms with E-state index in [1.165, 1.54) is 25.4 Å². The predicted octanol–water partition coefficient (Wildman–Crippen LogP) is -0.133. The van der Waals surface area contributed by atoms with Crippen molar-refractivity contribution in [3.63, 3.8) is 0 Å². The summed E-state index contributed by atoms with van der Waals surface area (Å²) in [6.07, 6.45) is 1.16. The van der Waals surface area contributed by atoms with Crippen LogP contribution in [0.25, 0.3) is 0 Å². The van der Waals surface area contributed by atoms with Crippen LogP contribution in [0.1, 0.15) is 16.8 Å². The minimum Gasteiger partial charge on any atom is -0.619 e. The van der Waals surface area contributed by atoms with Crippen molar-refractivity contribution in [2.45, 2.75) is 12.5 Å². The van der Waals surface area contributed by atoms with Crippen LogP contribution in [0.15, 0.2) is 29.8 Å². The lowest BCUT2D eigenvalue weighted by atomic mass is 10.1. The summed E-state index contributed by atoms with van der Waals surface area (Å²) in [5.74, 6) is -0.547. The molecule has 1 unspecified atom stereocenters. The second-order valence-corrected chi connectivity index (χ2v) is 3.58. The van der Waals surface area contributed by atoms with Crippen LogP contribution in [0, 0.1) is 10.1 Å². The molecule has 0 bridgehead atoms. The summed E-state index contributed by atoms with van der Waals surface area (Å²) in [5, 5.41) is 24.2. The standard InChI is InChI=1S/C10H13N3O4/c1-12(11-16)6-4-9(14)10(15)8-3-2-5-13(17)7-8/h2-3,5,7,9,14H,4,6H2,1H3. The zero-order valence-corrected chi connectivity index (χ0v) is 9.31. The van der Waals surface area contributed by atoms with E-state index in [-0.39, 0.29) is 18.5 Å². The zero-order chi connectivity index (χ0) is 12.8. The van der Waals surface area contributed by atoms with Crippen molar-refractivity contribution in [2.75, 3.05) is 13.6 Å². The predicted molar refractivity (Wildman–Crippen MR) is 58.8 cm³/mol. The van der Waals surface area contributed by atoms with Gasteiger partial charge in [0.2, 0.25) is 0 Å². The number of hydrogen-bond donors (Lipinski definition) is 1. The van der Waals surface area contributed by atoms with E-state index in [9.17, 15) is 20.0 Å². The van der Waals surface area contributed by atoms with Crippen LogP contribution in [0.5, 0.6) is 0 Å². The van der Waals surface area contributed by atoms with Crippen LogP contribution < -0.4 is 4.73 Å². The van der Waals surface area contributed by atoms with E-state index in [0.29, 0.717) is 4.73 Å². The van der Waals surface area contributed by atoms with Gasteiger partial charge in [-0.05, 0) is 6.07 Å². The Morgan fingerprint density at radius 2 is 2.41 bits per heavy atom. The minimum atomic E-state index is -1.25. The number of nitroso groups, excluding NO2 is 1. The number of rotatable bonds is 6.